The Morgan fingerprint density at radius 3 is 2.67 bits per heavy atom. The van der Waals surface area contributed by atoms with E-state index < -0.39 is 0 Å². The average Bonchev–Trinajstić information content (AvgIpc) is 1.83. The summed E-state index contributed by atoms with van der Waals surface area (Å²) in [6.45, 7) is -0.249. The molecule has 0 aromatic carbocycles. The van der Waals surface area contributed by atoms with E-state index in [1.165, 1.54) is 7.05 Å². The average molecular weight is 136 g/mol. The van der Waals surface area contributed by atoms with Gasteiger partial charge in [0.05, 0.1) is 6.67 Å². The van der Waals surface area contributed by atoms with Crippen molar-refractivity contribution < 1.29 is 4.94 Å². The van der Waals surface area contributed by atoms with E-state index in [1.54, 1.807) is 0 Å². The molecule has 5 N–H and O–H groups in total. The molecule has 56 valence electrons. The third-order valence-electron chi connectivity index (χ3n) is 0.436. The lowest BCUT2D eigenvalue weighted by Crippen LogP contribution is -2.44. The van der Waals surface area contributed by atoms with Crippen molar-refractivity contribution in [2.45, 2.75) is 0 Å². The molecule has 0 heterocycles. The Bertz CT molecular complexity index is 68.0. The van der Waals surface area contributed by atoms with E-state index in [-0.39, 0.29) is 11.9 Å². The molecule has 0 aromatic heterocycles. The van der Waals surface area contributed by atoms with Crippen LogP contribution in [0.5, 0.6) is 0 Å². The van der Waals surface area contributed by atoms with Crippen molar-refractivity contribution in [3.63, 3.8) is 0 Å². The van der Waals surface area contributed by atoms with Gasteiger partial charge in [-0.05, 0) is 0 Å². The van der Waals surface area contributed by atoms with Crippen LogP contribution in [0.2, 0.25) is 0 Å². The molecule has 0 unspecified atom stereocenters. The summed E-state index contributed by atoms with van der Waals surface area (Å²) in [5.74, 6) is 4.99. The molecule has 0 saturated heterocycles. The summed E-state index contributed by atoms with van der Waals surface area (Å²) in [7, 11) is 1.46. The van der Waals surface area contributed by atoms with Crippen molar-refractivity contribution in [1.82, 2.24) is 15.9 Å². The molecule has 0 aliphatic heterocycles. The summed E-state index contributed by atoms with van der Waals surface area (Å²) in [5.41, 5.74) is 6.89. The van der Waals surface area contributed by atoms with E-state index in [4.69, 9.17) is 11.6 Å². The summed E-state index contributed by atoms with van der Waals surface area (Å²) in [4.78, 5) is 4.16. The molecule has 0 bridgehead atoms. The van der Waals surface area contributed by atoms with Gasteiger partial charge in [-0.25, -0.2) is 10.2 Å². The molecule has 9 heavy (non-hydrogen) atoms. The lowest BCUT2D eigenvalue weighted by atomic mass is 11.2. The van der Waals surface area contributed by atoms with Crippen LogP contribution in [0.15, 0.2) is 0 Å². The zero-order valence-electron chi connectivity index (χ0n) is 5.07. The molecular formula is C2H10N5O2-. The van der Waals surface area contributed by atoms with Crippen molar-refractivity contribution in [3.05, 3.63) is 5.21 Å². The van der Waals surface area contributed by atoms with Gasteiger partial charge in [0, 0.05) is 7.05 Å². The minimum atomic E-state index is -0.249. The van der Waals surface area contributed by atoms with Crippen LogP contribution in [-0.4, -0.2) is 24.1 Å². The van der Waals surface area contributed by atoms with E-state index in [2.05, 4.69) is 4.94 Å². The third-order valence-corrected chi connectivity index (χ3v) is 0.436. The van der Waals surface area contributed by atoms with Crippen molar-refractivity contribution in [3.8, 4) is 0 Å². The first-order valence-corrected chi connectivity index (χ1v) is 2.22. The molecule has 0 atom stereocenters. The number of hydrogen-bond donors (Lipinski definition) is 3. The van der Waals surface area contributed by atoms with Crippen LogP contribution in [0.25, 0.3) is 0 Å². The molecule has 0 aliphatic carbocycles. The Balaban J connectivity index is 3.06. The number of nitrogens with two attached hydrogens (primary N) is 2. The van der Waals surface area contributed by atoms with Crippen molar-refractivity contribution in [1.29, 1.82) is 0 Å². The maximum atomic E-state index is 10.1. The van der Waals surface area contributed by atoms with Gasteiger partial charge in [-0.2, -0.15) is 5.12 Å². The highest BCUT2D eigenvalue weighted by molar-refractivity contribution is 4.29. The number of rotatable bonds is 4. The monoisotopic (exact) mass is 136 g/mol. The minimum absolute atomic E-state index is 0.142. The smallest absolute Gasteiger partial charge is 0.0591 e. The molecule has 0 aromatic rings. The topological polar surface area (TPSA) is 103 Å². The van der Waals surface area contributed by atoms with E-state index in [9.17, 15) is 5.21 Å². The maximum absolute atomic E-state index is 10.1. The molecular weight excluding hydrogens is 126 g/mol. The predicted octanol–water partition coefficient (Wildman–Crippen LogP) is -2.14. The van der Waals surface area contributed by atoms with E-state index >= 15 is 0 Å². The van der Waals surface area contributed by atoms with Crippen LogP contribution in [0.1, 0.15) is 0 Å². The summed E-state index contributed by atoms with van der Waals surface area (Å²) < 4.78 is 0. The summed E-state index contributed by atoms with van der Waals surface area (Å²) in [6.07, 6.45) is 0. The van der Waals surface area contributed by atoms with E-state index in [1.807, 2.05) is 5.59 Å². The number of hydroxylamine groups is 2. The molecule has 0 rings (SSSR count). The third kappa shape index (κ3) is 5.59. The lowest BCUT2D eigenvalue weighted by Gasteiger charge is -2.25. The first-order chi connectivity index (χ1) is 4.16. The van der Waals surface area contributed by atoms with Gasteiger partial charge in [0.25, 0.3) is 0 Å². The molecule has 0 saturated carbocycles. The van der Waals surface area contributed by atoms with Gasteiger partial charge in [-0.1, -0.05) is 0 Å². The lowest BCUT2D eigenvalue weighted by molar-refractivity contribution is -0.230. The van der Waals surface area contributed by atoms with Gasteiger partial charge < -0.3 is 10.9 Å². The molecule has 0 fully saturated rings. The van der Waals surface area contributed by atoms with Gasteiger partial charge >= 0.3 is 0 Å². The van der Waals surface area contributed by atoms with Gasteiger partial charge in [0.1, 0.15) is 0 Å². The standard InChI is InChI=1S/C2H10N5O2/c1-6(4)5-9-7(8)2-3/h5H,2-4H2,1H3/q-1. The molecule has 0 spiro atoms. The predicted molar refractivity (Wildman–Crippen MR) is 30.4 cm³/mol. The van der Waals surface area contributed by atoms with Crippen LogP contribution in [0, 0.1) is 5.21 Å². The second-order valence-corrected chi connectivity index (χ2v) is 1.31. The Morgan fingerprint density at radius 2 is 2.33 bits per heavy atom. The highest BCUT2D eigenvalue weighted by Crippen LogP contribution is 1.75. The fraction of sp³-hybridized carbons (Fsp3) is 1.00. The fourth-order valence-corrected chi connectivity index (χ4v) is 0.147. The molecule has 7 nitrogen and oxygen atoms in total. The largest absolute Gasteiger partial charge is 0.760 e. The van der Waals surface area contributed by atoms with Crippen molar-refractivity contribution in [2.24, 2.45) is 11.6 Å². The second-order valence-electron chi connectivity index (χ2n) is 1.31. The van der Waals surface area contributed by atoms with Crippen LogP contribution in [-0.2, 0) is 4.94 Å². The highest BCUT2D eigenvalue weighted by atomic mass is 17.0. The molecule has 0 radical (unpaired) electrons. The first kappa shape index (κ1) is 8.72. The zero-order valence-corrected chi connectivity index (χ0v) is 5.07. The number of hydrazine groups is 2. The van der Waals surface area contributed by atoms with Gasteiger partial charge in [-0.3, -0.25) is 5.84 Å². The van der Waals surface area contributed by atoms with Crippen LogP contribution in [0.3, 0.4) is 0 Å². The van der Waals surface area contributed by atoms with Crippen molar-refractivity contribution >= 4 is 0 Å². The SMILES string of the molecule is CN(N)NON([O-])CN. The molecule has 0 amide bonds. The molecule has 7 heteroatoms. The Kier molecular flexibility index (Phi) is 4.44. The second kappa shape index (κ2) is 4.58. The summed E-state index contributed by atoms with van der Waals surface area (Å²) >= 11 is 0. The van der Waals surface area contributed by atoms with Gasteiger partial charge in [-0.15, -0.1) is 5.59 Å². The van der Waals surface area contributed by atoms with Crippen LogP contribution in [0.4, 0.5) is 0 Å². The first-order valence-electron chi connectivity index (χ1n) is 2.22. The quantitative estimate of drug-likeness (QED) is 0.230. The van der Waals surface area contributed by atoms with Crippen molar-refractivity contribution in [2.75, 3.05) is 13.7 Å². The van der Waals surface area contributed by atoms with Crippen LogP contribution < -0.4 is 17.2 Å². The number of nitrogens with one attached hydrogen (secondary N) is 1. The van der Waals surface area contributed by atoms with Crippen LogP contribution >= 0.6 is 0 Å². The molecule has 0 aliphatic rings. The number of hydrogen-bond acceptors (Lipinski definition) is 7. The summed E-state index contributed by atoms with van der Waals surface area (Å²) in [5, 5.41) is 11.3. The number of nitrogens with zero attached hydrogens (tertiary/aromatic N) is 2. The maximum Gasteiger partial charge on any atom is 0.0591 e. The highest BCUT2D eigenvalue weighted by Gasteiger charge is 1.87. The Hall–Kier alpha value is -0.280. The van der Waals surface area contributed by atoms with Gasteiger partial charge in [0.15, 0.2) is 0 Å². The van der Waals surface area contributed by atoms with E-state index in [0.29, 0.717) is 0 Å². The minimum Gasteiger partial charge on any atom is -0.760 e. The van der Waals surface area contributed by atoms with Gasteiger partial charge in [0.2, 0.25) is 0 Å². The summed E-state index contributed by atoms with van der Waals surface area (Å²) in [6, 6.07) is 0. The Labute approximate surface area is 52.6 Å². The fourth-order valence-electron chi connectivity index (χ4n) is 0.147. The van der Waals surface area contributed by atoms with E-state index in [0.717, 1.165) is 5.12 Å². The normalized spacial score (nSPS) is 11.3. The zero-order chi connectivity index (χ0) is 7.28. The Morgan fingerprint density at radius 1 is 1.78 bits per heavy atom.